The molecule has 0 amide bonds. The standard InChI is InChI=1S/C24H25N7O3S/c1-16-11-21(29-34-16)18-3-4-20-17(12-18)6-8-31(14-22(20)33-15-32)9-10-35-24-28-27-23(30(24)2)19-5-7-25-26-13-19/h3-5,7,11-13,15,22H,6,8-10,14H2,1-2H3. The Morgan fingerprint density at radius 3 is 2.89 bits per heavy atom. The number of hydrogen-bond donors (Lipinski definition) is 0. The van der Waals surface area contributed by atoms with Gasteiger partial charge in [0.05, 0.1) is 12.4 Å². The molecule has 0 saturated heterocycles. The lowest BCUT2D eigenvalue weighted by atomic mass is 9.97. The number of carbonyl (C=O) groups is 1. The molecule has 10 nitrogen and oxygen atoms in total. The summed E-state index contributed by atoms with van der Waals surface area (Å²) in [4.78, 5) is 13.6. The highest BCUT2D eigenvalue weighted by Crippen LogP contribution is 2.31. The molecule has 3 aromatic heterocycles. The third kappa shape index (κ3) is 5.10. The van der Waals surface area contributed by atoms with Gasteiger partial charge >= 0.3 is 0 Å². The van der Waals surface area contributed by atoms with Crippen LogP contribution in [0.3, 0.4) is 0 Å². The lowest BCUT2D eigenvalue weighted by Gasteiger charge is -2.23. The molecule has 1 atom stereocenters. The van der Waals surface area contributed by atoms with Crippen molar-refractivity contribution in [2.75, 3.05) is 25.4 Å². The lowest BCUT2D eigenvalue weighted by Crippen LogP contribution is -2.31. The van der Waals surface area contributed by atoms with Crippen molar-refractivity contribution in [3.05, 3.63) is 59.6 Å². The van der Waals surface area contributed by atoms with Crippen molar-refractivity contribution < 1.29 is 14.1 Å². The topological polar surface area (TPSA) is 112 Å². The van der Waals surface area contributed by atoms with Crippen LogP contribution in [0, 0.1) is 6.92 Å². The quantitative estimate of drug-likeness (QED) is 0.269. The van der Waals surface area contributed by atoms with Gasteiger partial charge in [0.25, 0.3) is 6.47 Å². The Labute approximate surface area is 206 Å². The van der Waals surface area contributed by atoms with Crippen LogP contribution in [0.1, 0.15) is 23.0 Å². The van der Waals surface area contributed by atoms with Crippen LogP contribution in [0.4, 0.5) is 0 Å². The van der Waals surface area contributed by atoms with Crippen LogP contribution in [0.2, 0.25) is 0 Å². The number of nitrogens with zero attached hydrogens (tertiary/aromatic N) is 7. The molecule has 0 bridgehead atoms. The highest BCUT2D eigenvalue weighted by molar-refractivity contribution is 7.99. The number of aromatic nitrogens is 6. The van der Waals surface area contributed by atoms with Gasteiger partial charge in [0.2, 0.25) is 0 Å². The number of thioether (sulfide) groups is 1. The number of fused-ring (bicyclic) bond motifs is 1. The predicted octanol–water partition coefficient (Wildman–Crippen LogP) is 3.10. The monoisotopic (exact) mass is 491 g/mol. The molecular formula is C24H25N7O3S. The third-order valence-corrected chi connectivity index (χ3v) is 7.07. The second-order valence-electron chi connectivity index (χ2n) is 8.35. The van der Waals surface area contributed by atoms with Gasteiger partial charge in [-0.2, -0.15) is 10.2 Å². The van der Waals surface area contributed by atoms with E-state index in [2.05, 4.69) is 36.5 Å². The van der Waals surface area contributed by atoms with E-state index >= 15 is 0 Å². The number of ether oxygens (including phenoxy) is 1. The first kappa shape index (κ1) is 23.2. The average molecular weight is 492 g/mol. The molecule has 1 aliphatic heterocycles. The van der Waals surface area contributed by atoms with Gasteiger partial charge in [0.1, 0.15) is 17.6 Å². The molecule has 180 valence electrons. The molecule has 1 aromatic carbocycles. The van der Waals surface area contributed by atoms with Crippen LogP contribution in [-0.4, -0.2) is 66.9 Å². The third-order valence-electron chi connectivity index (χ3n) is 6.07. The van der Waals surface area contributed by atoms with Crippen molar-refractivity contribution in [1.82, 2.24) is 35.0 Å². The van der Waals surface area contributed by atoms with E-state index in [1.807, 2.05) is 42.8 Å². The molecule has 11 heteroatoms. The average Bonchev–Trinajstić information content (AvgIpc) is 3.43. The normalized spacial score (nSPS) is 16.0. The van der Waals surface area contributed by atoms with Crippen LogP contribution < -0.4 is 0 Å². The molecule has 1 unspecified atom stereocenters. The first-order chi connectivity index (χ1) is 17.1. The maximum atomic E-state index is 11.3. The largest absolute Gasteiger partial charge is 0.458 e. The van der Waals surface area contributed by atoms with E-state index in [9.17, 15) is 4.79 Å². The van der Waals surface area contributed by atoms with E-state index in [1.165, 1.54) is 0 Å². The first-order valence-electron chi connectivity index (χ1n) is 11.3. The van der Waals surface area contributed by atoms with Crippen molar-refractivity contribution in [3.63, 3.8) is 0 Å². The molecule has 5 rings (SSSR count). The SMILES string of the molecule is Cc1cc(-c2ccc3c(c2)CCN(CCSc2nnc(-c4ccnnc4)n2C)CC3OC=O)no1. The Kier molecular flexibility index (Phi) is 6.87. The van der Waals surface area contributed by atoms with Crippen molar-refractivity contribution in [2.24, 2.45) is 7.05 Å². The number of aryl methyl sites for hydroxylation is 1. The van der Waals surface area contributed by atoms with Crippen molar-refractivity contribution in [3.8, 4) is 22.6 Å². The summed E-state index contributed by atoms with van der Waals surface area (Å²) < 4.78 is 12.7. The lowest BCUT2D eigenvalue weighted by molar-refractivity contribution is -0.134. The fraction of sp³-hybridized carbons (Fsp3) is 0.333. The van der Waals surface area contributed by atoms with E-state index < -0.39 is 0 Å². The summed E-state index contributed by atoms with van der Waals surface area (Å²) in [7, 11) is 1.95. The fourth-order valence-corrected chi connectivity index (χ4v) is 5.18. The number of benzene rings is 1. The van der Waals surface area contributed by atoms with E-state index in [0.717, 1.165) is 70.0 Å². The molecule has 4 heterocycles. The fourth-order valence-electron chi connectivity index (χ4n) is 4.27. The van der Waals surface area contributed by atoms with Crippen LogP contribution in [0.15, 0.2) is 52.4 Å². The Balaban J connectivity index is 1.25. The minimum absolute atomic E-state index is 0.316. The summed E-state index contributed by atoms with van der Waals surface area (Å²) >= 11 is 1.65. The molecule has 4 aromatic rings. The van der Waals surface area contributed by atoms with E-state index in [-0.39, 0.29) is 6.10 Å². The molecule has 0 N–H and O–H groups in total. The predicted molar refractivity (Wildman–Crippen MR) is 129 cm³/mol. The minimum Gasteiger partial charge on any atom is -0.458 e. The molecule has 0 saturated carbocycles. The van der Waals surface area contributed by atoms with E-state index in [1.54, 1.807) is 24.2 Å². The molecule has 0 spiro atoms. The first-order valence-corrected chi connectivity index (χ1v) is 12.3. The minimum atomic E-state index is -0.316. The van der Waals surface area contributed by atoms with Gasteiger partial charge in [-0.15, -0.1) is 10.2 Å². The van der Waals surface area contributed by atoms with Gasteiger partial charge in [-0.1, -0.05) is 29.1 Å². The van der Waals surface area contributed by atoms with Crippen LogP contribution >= 0.6 is 11.8 Å². The summed E-state index contributed by atoms with van der Waals surface area (Å²) in [5, 5.41) is 21.3. The number of rotatable bonds is 8. The van der Waals surface area contributed by atoms with Crippen molar-refractivity contribution in [1.29, 1.82) is 0 Å². The van der Waals surface area contributed by atoms with Crippen LogP contribution in [0.25, 0.3) is 22.6 Å². The van der Waals surface area contributed by atoms with Gasteiger partial charge < -0.3 is 13.8 Å². The van der Waals surface area contributed by atoms with E-state index in [4.69, 9.17) is 9.26 Å². The molecule has 0 fully saturated rings. The molecule has 0 radical (unpaired) electrons. The highest BCUT2D eigenvalue weighted by atomic mass is 32.2. The highest BCUT2D eigenvalue weighted by Gasteiger charge is 2.25. The summed E-state index contributed by atoms with van der Waals surface area (Å²) in [6, 6.07) is 9.96. The smallest absolute Gasteiger partial charge is 0.293 e. The van der Waals surface area contributed by atoms with Gasteiger partial charge in [0, 0.05) is 49.6 Å². The van der Waals surface area contributed by atoms with Gasteiger partial charge in [0.15, 0.2) is 11.0 Å². The maximum absolute atomic E-state index is 11.3. The summed E-state index contributed by atoms with van der Waals surface area (Å²) in [6.45, 7) is 4.74. The second kappa shape index (κ2) is 10.4. The van der Waals surface area contributed by atoms with Crippen LogP contribution in [-0.2, 0) is 23.0 Å². The Morgan fingerprint density at radius 2 is 2.11 bits per heavy atom. The van der Waals surface area contributed by atoms with Gasteiger partial charge in [-0.25, -0.2) is 0 Å². The van der Waals surface area contributed by atoms with E-state index in [0.29, 0.717) is 13.0 Å². The van der Waals surface area contributed by atoms with Gasteiger partial charge in [-0.05, 0) is 36.6 Å². The number of hydrogen-bond acceptors (Lipinski definition) is 10. The molecule has 1 aliphatic rings. The molecule has 0 aliphatic carbocycles. The zero-order valence-corrected chi connectivity index (χ0v) is 20.3. The number of carbonyl (C=O) groups excluding carboxylic acids is 1. The van der Waals surface area contributed by atoms with Crippen molar-refractivity contribution >= 4 is 18.2 Å². The molecule has 35 heavy (non-hydrogen) atoms. The zero-order chi connectivity index (χ0) is 24.2. The summed E-state index contributed by atoms with van der Waals surface area (Å²) in [6.07, 6.45) is 3.85. The summed E-state index contributed by atoms with van der Waals surface area (Å²) in [5.41, 5.74) is 4.88. The Bertz CT molecular complexity index is 1310. The Hall–Kier alpha value is -3.57. The zero-order valence-electron chi connectivity index (χ0n) is 19.5. The molecular weight excluding hydrogens is 466 g/mol. The van der Waals surface area contributed by atoms with Gasteiger partial charge in [-0.3, -0.25) is 9.69 Å². The maximum Gasteiger partial charge on any atom is 0.293 e. The van der Waals surface area contributed by atoms with Crippen molar-refractivity contribution in [2.45, 2.75) is 24.6 Å². The van der Waals surface area contributed by atoms with Crippen LogP contribution in [0.5, 0.6) is 0 Å². The second-order valence-corrected chi connectivity index (χ2v) is 9.41. The Morgan fingerprint density at radius 1 is 1.20 bits per heavy atom. The summed E-state index contributed by atoms with van der Waals surface area (Å²) in [5.74, 6) is 2.35.